The first-order chi connectivity index (χ1) is 16.9. The summed E-state index contributed by atoms with van der Waals surface area (Å²) in [7, 11) is -3.64. The number of hydrogen-bond donors (Lipinski definition) is 2. The monoisotopic (exact) mass is 499 g/mol. The molecular formula is C23H29N7O4S. The summed E-state index contributed by atoms with van der Waals surface area (Å²) >= 11 is 0. The molecule has 12 heteroatoms. The Morgan fingerprint density at radius 1 is 1.14 bits per heavy atom. The average Bonchev–Trinajstić information content (AvgIpc) is 3.56. The zero-order valence-electron chi connectivity index (χ0n) is 19.6. The van der Waals surface area contributed by atoms with Crippen LogP contribution in [-0.4, -0.2) is 90.5 Å². The molecule has 0 radical (unpaired) electrons. The minimum absolute atomic E-state index is 0.0934. The van der Waals surface area contributed by atoms with Crippen LogP contribution in [0.2, 0.25) is 0 Å². The molecule has 3 aromatic rings. The number of amides is 1. The van der Waals surface area contributed by atoms with Gasteiger partial charge in [0.05, 0.1) is 19.4 Å². The molecule has 2 aromatic heterocycles. The third-order valence-electron chi connectivity index (χ3n) is 6.09. The van der Waals surface area contributed by atoms with Gasteiger partial charge in [-0.2, -0.15) is 19.6 Å². The van der Waals surface area contributed by atoms with Crippen LogP contribution in [-0.2, 0) is 14.6 Å². The predicted octanol–water partition coefficient (Wildman–Crippen LogP) is 1.22. The van der Waals surface area contributed by atoms with Crippen LogP contribution in [0.15, 0.2) is 35.6 Å². The van der Waals surface area contributed by atoms with Crippen LogP contribution in [0.4, 0.5) is 5.95 Å². The molecule has 1 saturated heterocycles. The normalized spacial score (nSPS) is 16.9. The van der Waals surface area contributed by atoms with Crippen molar-refractivity contribution in [3.05, 3.63) is 36.0 Å². The van der Waals surface area contributed by atoms with E-state index in [-0.39, 0.29) is 17.1 Å². The maximum atomic E-state index is 12.3. The van der Waals surface area contributed by atoms with E-state index in [1.807, 2.05) is 12.1 Å². The first kappa shape index (κ1) is 23.6. The van der Waals surface area contributed by atoms with E-state index >= 15 is 0 Å². The van der Waals surface area contributed by atoms with Gasteiger partial charge in [-0.3, -0.25) is 9.69 Å². The summed E-state index contributed by atoms with van der Waals surface area (Å²) in [6.45, 7) is 4.85. The second kappa shape index (κ2) is 9.88. The second-order valence-electron chi connectivity index (χ2n) is 8.96. The number of nitrogens with zero attached hydrogens (tertiary/aromatic N) is 5. The van der Waals surface area contributed by atoms with Gasteiger partial charge < -0.3 is 15.4 Å². The van der Waals surface area contributed by atoms with E-state index in [9.17, 15) is 13.2 Å². The molecule has 3 heterocycles. The molecular weight excluding hydrogens is 470 g/mol. The maximum Gasteiger partial charge on any atom is 0.252 e. The molecule has 0 unspecified atom stereocenters. The molecule has 1 saturated carbocycles. The number of carbonyl (C=O) groups is 1. The van der Waals surface area contributed by atoms with Crippen molar-refractivity contribution in [1.82, 2.24) is 29.8 Å². The van der Waals surface area contributed by atoms with Gasteiger partial charge in [0, 0.05) is 43.1 Å². The number of hydrogen-bond acceptors (Lipinski definition) is 9. The molecule has 1 aliphatic heterocycles. The number of anilines is 1. The van der Waals surface area contributed by atoms with Crippen molar-refractivity contribution in [1.29, 1.82) is 0 Å². The summed E-state index contributed by atoms with van der Waals surface area (Å²) < 4.78 is 31.5. The molecule has 1 aromatic carbocycles. The average molecular weight is 500 g/mol. The number of aromatic nitrogens is 4. The lowest BCUT2D eigenvalue weighted by Crippen LogP contribution is -2.37. The van der Waals surface area contributed by atoms with Gasteiger partial charge in [-0.05, 0) is 43.5 Å². The molecule has 5 rings (SSSR count). The number of rotatable bonds is 9. The Kier molecular flexibility index (Phi) is 6.67. The fourth-order valence-electron chi connectivity index (χ4n) is 3.97. The highest BCUT2D eigenvalue weighted by Gasteiger charge is 2.24. The largest absolute Gasteiger partial charge is 0.379 e. The van der Waals surface area contributed by atoms with Gasteiger partial charge in [-0.25, -0.2) is 8.42 Å². The molecule has 1 aliphatic carbocycles. The van der Waals surface area contributed by atoms with Gasteiger partial charge >= 0.3 is 0 Å². The lowest BCUT2D eigenvalue weighted by molar-refractivity contribution is 0.0378. The van der Waals surface area contributed by atoms with Crippen LogP contribution in [0.5, 0.6) is 0 Å². The molecule has 2 aliphatic rings. The van der Waals surface area contributed by atoms with Gasteiger partial charge in [0.15, 0.2) is 5.65 Å². The topological polar surface area (TPSA) is 131 Å². The van der Waals surface area contributed by atoms with Gasteiger partial charge in [0.1, 0.15) is 0 Å². The summed E-state index contributed by atoms with van der Waals surface area (Å²) in [4.78, 5) is 23.2. The Bertz CT molecular complexity index is 1310. The Hall–Kier alpha value is -3.09. The van der Waals surface area contributed by atoms with Crippen molar-refractivity contribution in [3.63, 3.8) is 0 Å². The summed E-state index contributed by atoms with van der Waals surface area (Å²) in [6.07, 6.45) is 5.63. The van der Waals surface area contributed by atoms with E-state index in [0.29, 0.717) is 29.3 Å². The van der Waals surface area contributed by atoms with Gasteiger partial charge in [0.25, 0.3) is 11.1 Å². The van der Waals surface area contributed by atoms with E-state index in [2.05, 4.69) is 30.6 Å². The molecule has 0 atom stereocenters. The fourth-order valence-corrected chi connectivity index (χ4v) is 4.47. The quantitative estimate of drug-likeness (QED) is 0.417. The smallest absolute Gasteiger partial charge is 0.252 e. The van der Waals surface area contributed by atoms with Crippen molar-refractivity contribution in [2.45, 2.75) is 30.5 Å². The van der Waals surface area contributed by atoms with E-state index in [1.165, 1.54) is 4.52 Å². The summed E-state index contributed by atoms with van der Waals surface area (Å²) in [5.41, 5.74) is 2.39. The highest BCUT2D eigenvalue weighted by molar-refractivity contribution is 7.90. The number of benzene rings is 1. The van der Waals surface area contributed by atoms with E-state index in [1.54, 1.807) is 18.3 Å². The molecule has 35 heavy (non-hydrogen) atoms. The highest BCUT2D eigenvalue weighted by Crippen LogP contribution is 2.26. The SMILES string of the molecule is CS(=O)(=O)c1nc(NCCCN2CCOCC2)n2ncc(-c3ccc(C(=O)NC4CC4)cc3)c2n1. The van der Waals surface area contributed by atoms with E-state index in [0.717, 1.165) is 63.9 Å². The van der Waals surface area contributed by atoms with Crippen molar-refractivity contribution >= 4 is 27.3 Å². The third kappa shape index (κ3) is 5.60. The first-order valence-corrected chi connectivity index (χ1v) is 13.7. The molecule has 1 amide bonds. The van der Waals surface area contributed by atoms with Crippen molar-refractivity contribution in [2.24, 2.45) is 0 Å². The zero-order chi connectivity index (χ0) is 24.4. The summed E-state index contributed by atoms with van der Waals surface area (Å²) in [5, 5.41) is 10.4. The molecule has 11 nitrogen and oxygen atoms in total. The second-order valence-corrected chi connectivity index (χ2v) is 10.9. The van der Waals surface area contributed by atoms with Crippen LogP contribution < -0.4 is 10.6 Å². The number of morpholine rings is 1. The Labute approximate surface area is 203 Å². The Balaban J connectivity index is 1.37. The van der Waals surface area contributed by atoms with Crippen LogP contribution in [0.25, 0.3) is 16.8 Å². The number of carbonyl (C=O) groups excluding carboxylic acids is 1. The van der Waals surface area contributed by atoms with Gasteiger partial charge in [-0.1, -0.05) is 12.1 Å². The van der Waals surface area contributed by atoms with Gasteiger partial charge in [-0.15, -0.1) is 0 Å². The van der Waals surface area contributed by atoms with Crippen LogP contribution >= 0.6 is 0 Å². The van der Waals surface area contributed by atoms with Crippen LogP contribution in [0.1, 0.15) is 29.6 Å². The van der Waals surface area contributed by atoms with Crippen molar-refractivity contribution < 1.29 is 17.9 Å². The fraction of sp³-hybridized carbons (Fsp3) is 0.478. The maximum absolute atomic E-state index is 12.3. The highest BCUT2D eigenvalue weighted by atomic mass is 32.2. The molecule has 0 bridgehead atoms. The lowest BCUT2D eigenvalue weighted by Gasteiger charge is -2.26. The van der Waals surface area contributed by atoms with E-state index < -0.39 is 9.84 Å². The van der Waals surface area contributed by atoms with Crippen molar-refractivity contribution in [2.75, 3.05) is 51.0 Å². The number of nitrogens with one attached hydrogen (secondary N) is 2. The number of ether oxygens (including phenoxy) is 1. The van der Waals surface area contributed by atoms with Crippen molar-refractivity contribution in [3.8, 4) is 11.1 Å². The molecule has 186 valence electrons. The van der Waals surface area contributed by atoms with Crippen LogP contribution in [0, 0.1) is 0 Å². The van der Waals surface area contributed by atoms with Gasteiger partial charge in [0.2, 0.25) is 15.8 Å². The lowest BCUT2D eigenvalue weighted by atomic mass is 10.1. The minimum atomic E-state index is -3.64. The third-order valence-corrected chi connectivity index (χ3v) is 6.93. The molecule has 0 spiro atoms. The number of sulfone groups is 1. The minimum Gasteiger partial charge on any atom is -0.379 e. The summed E-state index contributed by atoms with van der Waals surface area (Å²) in [5.74, 6) is 0.230. The zero-order valence-corrected chi connectivity index (χ0v) is 20.4. The molecule has 2 N–H and O–H groups in total. The molecule has 2 fully saturated rings. The first-order valence-electron chi connectivity index (χ1n) is 11.8. The Morgan fingerprint density at radius 2 is 1.89 bits per heavy atom. The van der Waals surface area contributed by atoms with Crippen LogP contribution in [0.3, 0.4) is 0 Å². The standard InChI is InChI=1S/C23H29N7O4S/c1-35(32,33)23-27-20-19(16-3-5-17(6-4-16)21(31)26-18-7-8-18)15-25-30(20)22(28-23)24-9-2-10-29-11-13-34-14-12-29/h3-6,15,18H,2,7-14H2,1H3,(H,26,31)(H,24,27,28). The Morgan fingerprint density at radius 3 is 2.57 bits per heavy atom. The van der Waals surface area contributed by atoms with E-state index in [4.69, 9.17) is 4.74 Å². The summed E-state index contributed by atoms with van der Waals surface area (Å²) in [6, 6.07) is 7.42. The number of fused-ring (bicyclic) bond motifs is 1. The predicted molar refractivity (Wildman–Crippen MR) is 130 cm³/mol.